The second-order valence-corrected chi connectivity index (χ2v) is 10.2. The minimum Gasteiger partial charge on any atom is -0.641 e. The second kappa shape index (κ2) is 6.28. The van der Waals surface area contributed by atoms with E-state index < -0.39 is 7.87 Å². The second-order valence-electron chi connectivity index (χ2n) is 7.48. The third-order valence-electron chi connectivity index (χ3n) is 5.61. The average molecular weight is 313 g/mol. The summed E-state index contributed by atoms with van der Waals surface area (Å²) in [5.41, 5.74) is -0.0321. The van der Waals surface area contributed by atoms with Crippen LogP contribution in [0.5, 0.6) is 0 Å². The van der Waals surface area contributed by atoms with Gasteiger partial charge in [0, 0.05) is 18.9 Å². The normalized spacial score (nSPS) is 41.3. The summed E-state index contributed by atoms with van der Waals surface area (Å²) < 4.78 is 8.51. The molecule has 0 aromatic carbocycles. The maximum atomic E-state index is 13.7. The van der Waals surface area contributed by atoms with Crippen molar-refractivity contribution in [2.75, 3.05) is 6.54 Å². The van der Waals surface area contributed by atoms with Crippen LogP contribution in [0.1, 0.15) is 60.3 Å². The molecule has 0 N–H and O–H groups in total. The van der Waals surface area contributed by atoms with Crippen molar-refractivity contribution in [2.24, 2.45) is 11.8 Å². The lowest BCUT2D eigenvalue weighted by Crippen LogP contribution is -2.62. The van der Waals surface area contributed by atoms with E-state index in [4.69, 9.17) is 4.52 Å². The maximum absolute atomic E-state index is 13.7. The number of allylic oxidation sites excluding steroid dienone is 1. The van der Waals surface area contributed by atoms with Crippen LogP contribution in [0.2, 0.25) is 0 Å². The molecule has 1 aliphatic carbocycles. The summed E-state index contributed by atoms with van der Waals surface area (Å²) in [6, 6.07) is 0. The van der Waals surface area contributed by atoms with Gasteiger partial charge in [-0.3, -0.25) is 0 Å². The Balaban J connectivity index is 2.35. The van der Waals surface area contributed by atoms with Gasteiger partial charge in [-0.25, -0.2) is 4.52 Å². The molecule has 0 bridgehead atoms. The topological polar surface area (TPSA) is 35.5 Å². The number of nitrogens with zero attached hydrogens (tertiary/aromatic N) is 1. The Labute approximate surface area is 131 Å². The van der Waals surface area contributed by atoms with Crippen LogP contribution in [0.3, 0.4) is 0 Å². The van der Waals surface area contributed by atoms with Crippen LogP contribution in [0.4, 0.5) is 0 Å². The van der Waals surface area contributed by atoms with Gasteiger partial charge in [0.25, 0.3) is 0 Å². The molecule has 2 aliphatic rings. The first kappa shape index (κ1) is 17.4. The van der Waals surface area contributed by atoms with E-state index in [0.717, 1.165) is 19.4 Å². The molecule has 2 rings (SSSR count). The molecule has 3 nitrogen and oxygen atoms in total. The van der Waals surface area contributed by atoms with Crippen LogP contribution in [0.25, 0.3) is 0 Å². The molecule has 4 heteroatoms. The summed E-state index contributed by atoms with van der Waals surface area (Å²) in [6.45, 7) is 15.6. The van der Waals surface area contributed by atoms with Gasteiger partial charge in [0.2, 0.25) is 0 Å². The molecule has 0 amide bonds. The first-order chi connectivity index (χ1) is 9.77. The Morgan fingerprint density at radius 2 is 2.14 bits per heavy atom. The van der Waals surface area contributed by atoms with Crippen LogP contribution >= 0.6 is 7.87 Å². The van der Waals surface area contributed by atoms with Crippen LogP contribution in [-0.2, 0) is 4.52 Å². The van der Waals surface area contributed by atoms with E-state index in [2.05, 4.69) is 38.9 Å². The Bertz CT molecular complexity index is 387. The van der Waals surface area contributed by atoms with Crippen molar-refractivity contribution in [2.45, 2.75) is 77.6 Å². The van der Waals surface area contributed by atoms with Crippen molar-refractivity contribution in [1.29, 1.82) is 0 Å². The molecular formula is C17H32NO2P. The van der Waals surface area contributed by atoms with Gasteiger partial charge in [0.1, 0.15) is 11.8 Å². The monoisotopic (exact) mass is 313 g/mol. The molecule has 1 saturated heterocycles. The zero-order valence-electron chi connectivity index (χ0n) is 14.3. The molecule has 21 heavy (non-hydrogen) atoms. The fourth-order valence-electron chi connectivity index (χ4n) is 4.38. The third-order valence-corrected chi connectivity index (χ3v) is 8.98. The van der Waals surface area contributed by atoms with Gasteiger partial charge in [-0.15, -0.1) is 6.58 Å². The van der Waals surface area contributed by atoms with Crippen LogP contribution in [0, 0.1) is 11.8 Å². The molecule has 1 unspecified atom stereocenters. The van der Waals surface area contributed by atoms with Crippen molar-refractivity contribution < 1.29 is 9.42 Å². The van der Waals surface area contributed by atoms with Gasteiger partial charge in [-0.1, -0.05) is 19.4 Å². The number of rotatable bonds is 4. The molecule has 1 aliphatic heterocycles. The SMILES string of the molecule is C=CC[C@@H](C)[P+]1([O-])O[C@@H]2C[C@H](C)CC[C@H]2C(C)(C)N1CC. The smallest absolute Gasteiger partial charge is 0.177 e. The lowest BCUT2D eigenvalue weighted by Gasteiger charge is -2.59. The van der Waals surface area contributed by atoms with Crippen LogP contribution in [0.15, 0.2) is 12.7 Å². The molecule has 0 aromatic rings. The van der Waals surface area contributed by atoms with Gasteiger partial charge >= 0.3 is 0 Å². The fourth-order valence-corrected chi connectivity index (χ4v) is 7.47. The van der Waals surface area contributed by atoms with Crippen LogP contribution < -0.4 is 4.89 Å². The highest BCUT2D eigenvalue weighted by molar-refractivity contribution is 7.62. The van der Waals surface area contributed by atoms with E-state index in [1.165, 1.54) is 12.8 Å². The van der Waals surface area contributed by atoms with E-state index in [0.29, 0.717) is 11.8 Å². The zero-order chi connectivity index (χ0) is 15.8. The van der Waals surface area contributed by atoms with Gasteiger partial charge in [-0.05, 0) is 46.5 Å². The summed E-state index contributed by atoms with van der Waals surface area (Å²) in [5.74, 6) is 1.17. The van der Waals surface area contributed by atoms with Crippen LogP contribution in [-0.4, -0.2) is 28.5 Å². The van der Waals surface area contributed by atoms with Gasteiger partial charge in [0.15, 0.2) is 7.87 Å². The number of hydrogen-bond acceptors (Lipinski definition) is 3. The first-order valence-electron chi connectivity index (χ1n) is 8.44. The highest BCUT2D eigenvalue weighted by Crippen LogP contribution is 2.69. The van der Waals surface area contributed by atoms with Crippen molar-refractivity contribution in [3.8, 4) is 0 Å². The molecule has 1 saturated carbocycles. The highest BCUT2D eigenvalue weighted by atomic mass is 31.2. The molecular weight excluding hydrogens is 281 g/mol. The molecule has 0 aromatic heterocycles. The summed E-state index contributed by atoms with van der Waals surface area (Å²) in [5, 5.41) is 0. The lowest BCUT2D eigenvalue weighted by atomic mass is 9.71. The largest absolute Gasteiger partial charge is 0.641 e. The lowest BCUT2D eigenvalue weighted by molar-refractivity contribution is -0.237. The molecule has 0 radical (unpaired) electrons. The number of hydrogen-bond donors (Lipinski definition) is 0. The first-order valence-corrected chi connectivity index (χ1v) is 10.1. The predicted octanol–water partition coefficient (Wildman–Crippen LogP) is 4.01. The Hall–Kier alpha value is 0.0500. The number of fused-ring (bicyclic) bond motifs is 1. The molecule has 1 heterocycles. The molecule has 0 spiro atoms. The van der Waals surface area contributed by atoms with E-state index in [1.54, 1.807) is 0 Å². The third kappa shape index (κ3) is 2.95. The standard InChI is InChI=1S/C17H32NO2P/c1-7-9-14(4)21(19)18(8-2)17(5,6)15-11-10-13(3)12-16(15)20-21/h7,13-16H,1,8-12H2,2-6H3/t13-,14-,15-,16-,21?/m1/s1. The Kier molecular flexibility index (Phi) is 5.20. The quantitative estimate of drug-likeness (QED) is 0.581. The zero-order valence-corrected chi connectivity index (χ0v) is 15.2. The highest BCUT2D eigenvalue weighted by Gasteiger charge is 2.59. The Morgan fingerprint density at radius 3 is 2.71 bits per heavy atom. The van der Waals surface area contributed by atoms with E-state index in [9.17, 15) is 4.89 Å². The minimum atomic E-state index is -2.81. The predicted molar refractivity (Wildman–Crippen MR) is 89.0 cm³/mol. The van der Waals surface area contributed by atoms with Crippen molar-refractivity contribution in [1.82, 2.24) is 4.67 Å². The van der Waals surface area contributed by atoms with Crippen molar-refractivity contribution in [3.63, 3.8) is 0 Å². The summed E-state index contributed by atoms with van der Waals surface area (Å²) in [4.78, 5) is 13.7. The summed E-state index contributed by atoms with van der Waals surface area (Å²) in [6.07, 6.45) is 6.27. The molecule has 2 fully saturated rings. The van der Waals surface area contributed by atoms with Gasteiger partial charge in [-0.2, -0.15) is 4.67 Å². The van der Waals surface area contributed by atoms with Crippen molar-refractivity contribution in [3.05, 3.63) is 12.7 Å². The Morgan fingerprint density at radius 1 is 1.48 bits per heavy atom. The van der Waals surface area contributed by atoms with E-state index in [-0.39, 0.29) is 17.3 Å². The fraction of sp³-hybridized carbons (Fsp3) is 0.882. The van der Waals surface area contributed by atoms with Gasteiger partial charge < -0.3 is 4.89 Å². The molecule has 5 atom stereocenters. The maximum Gasteiger partial charge on any atom is 0.177 e. The summed E-state index contributed by atoms with van der Waals surface area (Å²) >= 11 is 0. The van der Waals surface area contributed by atoms with E-state index in [1.807, 2.05) is 13.0 Å². The summed E-state index contributed by atoms with van der Waals surface area (Å²) in [7, 11) is -2.81. The van der Waals surface area contributed by atoms with Crippen molar-refractivity contribution >= 4 is 7.87 Å². The van der Waals surface area contributed by atoms with Gasteiger partial charge in [0.05, 0.1) is 5.54 Å². The van der Waals surface area contributed by atoms with E-state index >= 15 is 0 Å². The molecule has 122 valence electrons. The minimum absolute atomic E-state index is 0.0207. The average Bonchev–Trinajstić information content (AvgIpc) is 2.38.